The van der Waals surface area contributed by atoms with Crippen molar-refractivity contribution in [3.05, 3.63) is 54.0 Å². The summed E-state index contributed by atoms with van der Waals surface area (Å²) in [5.41, 5.74) is 8.30. The Morgan fingerprint density at radius 2 is 1.87 bits per heavy atom. The van der Waals surface area contributed by atoms with E-state index in [4.69, 9.17) is 10.5 Å². The van der Waals surface area contributed by atoms with Crippen molar-refractivity contribution in [2.75, 3.05) is 55.7 Å². The van der Waals surface area contributed by atoms with E-state index in [0.29, 0.717) is 12.5 Å². The van der Waals surface area contributed by atoms with E-state index in [0.717, 1.165) is 62.9 Å². The first-order valence-electron chi connectivity index (χ1n) is 10.5. The molecule has 160 valence electrons. The molecule has 1 unspecified atom stereocenters. The van der Waals surface area contributed by atoms with Crippen LogP contribution in [0.5, 0.6) is 0 Å². The van der Waals surface area contributed by atoms with Crippen LogP contribution in [0.2, 0.25) is 0 Å². The maximum atomic E-state index is 13.1. The molecule has 2 aliphatic heterocycles. The van der Waals surface area contributed by atoms with Crippen molar-refractivity contribution >= 4 is 17.5 Å². The van der Waals surface area contributed by atoms with Crippen LogP contribution < -0.4 is 15.5 Å². The molecule has 0 amide bonds. The molecule has 4 rings (SSSR count). The van der Waals surface area contributed by atoms with Gasteiger partial charge in [0.1, 0.15) is 11.6 Å². The van der Waals surface area contributed by atoms with Crippen LogP contribution in [0.1, 0.15) is 12.5 Å². The van der Waals surface area contributed by atoms with E-state index >= 15 is 0 Å². The average molecular weight is 413 g/mol. The van der Waals surface area contributed by atoms with Gasteiger partial charge in [-0.1, -0.05) is 6.07 Å². The highest BCUT2D eigenvalue weighted by Gasteiger charge is 2.19. The van der Waals surface area contributed by atoms with E-state index in [1.54, 1.807) is 0 Å². The fourth-order valence-electron chi connectivity index (χ4n) is 3.84. The predicted octanol–water partition coefficient (Wildman–Crippen LogP) is 2.08. The molecule has 2 N–H and O–H groups in total. The number of anilines is 2. The number of nitrogens with zero attached hydrogens (tertiary/aromatic N) is 5. The molecule has 7 nitrogen and oxygen atoms in total. The van der Waals surface area contributed by atoms with Crippen LogP contribution in [0.25, 0.3) is 0 Å². The summed E-state index contributed by atoms with van der Waals surface area (Å²) in [5.74, 6) is 1.32. The number of hydrogen-bond acceptors (Lipinski definition) is 5. The number of morpholine rings is 1. The van der Waals surface area contributed by atoms with Crippen LogP contribution in [0.3, 0.4) is 0 Å². The number of aromatic nitrogens is 1. The minimum absolute atomic E-state index is 0.212. The maximum Gasteiger partial charge on any atom is 0.191 e. The molecule has 1 aromatic carbocycles. The lowest BCUT2D eigenvalue weighted by molar-refractivity contribution is 0.0529. The van der Waals surface area contributed by atoms with Gasteiger partial charge in [0.05, 0.1) is 19.3 Å². The van der Waals surface area contributed by atoms with Gasteiger partial charge >= 0.3 is 0 Å². The van der Waals surface area contributed by atoms with Gasteiger partial charge in [0.25, 0.3) is 0 Å². The van der Waals surface area contributed by atoms with Crippen molar-refractivity contribution < 1.29 is 9.13 Å². The van der Waals surface area contributed by atoms with E-state index in [1.165, 1.54) is 12.1 Å². The number of piperazine rings is 1. The Bertz CT molecular complexity index is 849. The molecule has 0 bridgehead atoms. The number of ether oxygens (including phenoxy) is 1. The number of halogens is 1. The Balaban J connectivity index is 1.28. The lowest BCUT2D eigenvalue weighted by Gasteiger charge is -2.36. The van der Waals surface area contributed by atoms with Crippen molar-refractivity contribution in [3.8, 4) is 0 Å². The molecule has 1 atom stereocenters. The van der Waals surface area contributed by atoms with Gasteiger partial charge in [-0.2, -0.15) is 0 Å². The third-order valence-electron chi connectivity index (χ3n) is 5.59. The molecule has 2 aliphatic rings. The van der Waals surface area contributed by atoms with E-state index in [-0.39, 0.29) is 11.9 Å². The van der Waals surface area contributed by atoms with Crippen molar-refractivity contribution in [2.45, 2.75) is 19.6 Å². The van der Waals surface area contributed by atoms with Crippen molar-refractivity contribution in [3.63, 3.8) is 0 Å². The molecular formula is C22H29FN6O. The molecular weight excluding hydrogens is 383 g/mol. The molecule has 2 saturated heterocycles. The predicted molar refractivity (Wildman–Crippen MR) is 117 cm³/mol. The summed E-state index contributed by atoms with van der Waals surface area (Å²) in [7, 11) is 0. The van der Waals surface area contributed by atoms with Gasteiger partial charge in [-0.15, -0.1) is 0 Å². The molecule has 8 heteroatoms. The van der Waals surface area contributed by atoms with Crippen molar-refractivity contribution in [1.82, 2.24) is 9.88 Å². The van der Waals surface area contributed by atoms with Crippen molar-refractivity contribution in [1.29, 1.82) is 0 Å². The Morgan fingerprint density at radius 1 is 1.10 bits per heavy atom. The highest BCUT2D eigenvalue weighted by molar-refractivity contribution is 5.78. The third kappa shape index (κ3) is 4.99. The number of nitrogens with two attached hydrogens (primary N) is 1. The lowest BCUT2D eigenvalue weighted by atomic mass is 10.2. The first-order valence-corrected chi connectivity index (χ1v) is 10.5. The van der Waals surface area contributed by atoms with Crippen LogP contribution in [-0.2, 0) is 11.3 Å². The van der Waals surface area contributed by atoms with Gasteiger partial charge in [-0.3, -0.25) is 0 Å². The first-order chi connectivity index (χ1) is 14.6. The van der Waals surface area contributed by atoms with Gasteiger partial charge in [-0.25, -0.2) is 14.4 Å². The zero-order chi connectivity index (χ0) is 20.9. The van der Waals surface area contributed by atoms with E-state index in [9.17, 15) is 4.39 Å². The van der Waals surface area contributed by atoms with Crippen LogP contribution in [-0.4, -0.2) is 67.8 Å². The average Bonchev–Trinajstić information content (AvgIpc) is 2.78. The quantitative estimate of drug-likeness (QED) is 0.613. The summed E-state index contributed by atoms with van der Waals surface area (Å²) in [6, 6.07) is 10.7. The van der Waals surface area contributed by atoms with Crippen LogP contribution >= 0.6 is 0 Å². The summed E-state index contributed by atoms with van der Waals surface area (Å²) < 4.78 is 18.7. The van der Waals surface area contributed by atoms with E-state index < -0.39 is 0 Å². The lowest BCUT2D eigenvalue weighted by Crippen LogP contribution is -2.51. The minimum atomic E-state index is -0.212. The molecule has 0 spiro atoms. The minimum Gasteiger partial charge on any atom is -0.375 e. The van der Waals surface area contributed by atoms with Crippen LogP contribution in [0.4, 0.5) is 15.9 Å². The summed E-state index contributed by atoms with van der Waals surface area (Å²) in [6.07, 6.45) is 2.10. The standard InChI is InChI=1S/C22H29FN6O/c1-17-16-29(12-13-30-17)21-7-2-18(14-25-21)15-26-22(24)28-10-8-27(9-11-28)20-5-3-19(23)4-6-20/h2-7,14,17H,8-13,15-16H2,1H3,(H2,24,26). The molecule has 0 aliphatic carbocycles. The summed E-state index contributed by atoms with van der Waals surface area (Å²) in [5, 5.41) is 0. The number of aliphatic imine (C=N–C) groups is 1. The highest BCUT2D eigenvalue weighted by Crippen LogP contribution is 2.18. The van der Waals surface area contributed by atoms with Crippen LogP contribution in [0, 0.1) is 5.82 Å². The SMILES string of the molecule is CC1CN(c2ccc(CN=C(N)N3CCN(c4ccc(F)cc4)CC3)cn2)CCO1. The Kier molecular flexibility index (Phi) is 6.32. The van der Waals surface area contributed by atoms with Gasteiger partial charge in [0.2, 0.25) is 0 Å². The van der Waals surface area contributed by atoms with Gasteiger partial charge < -0.3 is 25.2 Å². The first kappa shape index (κ1) is 20.4. The Labute approximate surface area is 177 Å². The number of rotatable bonds is 4. The zero-order valence-electron chi connectivity index (χ0n) is 17.4. The fourth-order valence-corrected chi connectivity index (χ4v) is 3.84. The normalized spacial score (nSPS) is 20.5. The molecule has 30 heavy (non-hydrogen) atoms. The van der Waals surface area contributed by atoms with Gasteiger partial charge in [0, 0.05) is 51.2 Å². The molecule has 2 fully saturated rings. The maximum absolute atomic E-state index is 13.1. The van der Waals surface area contributed by atoms with E-state index in [2.05, 4.69) is 37.7 Å². The number of pyridine rings is 1. The number of benzene rings is 1. The fraction of sp³-hybridized carbons (Fsp3) is 0.455. The third-order valence-corrected chi connectivity index (χ3v) is 5.59. The number of hydrogen-bond donors (Lipinski definition) is 1. The summed E-state index contributed by atoms with van der Waals surface area (Å²) >= 11 is 0. The number of guanidine groups is 1. The van der Waals surface area contributed by atoms with E-state index in [1.807, 2.05) is 24.4 Å². The van der Waals surface area contributed by atoms with Crippen LogP contribution in [0.15, 0.2) is 47.6 Å². The highest BCUT2D eigenvalue weighted by atomic mass is 19.1. The summed E-state index contributed by atoms with van der Waals surface area (Å²) in [6.45, 7) is 8.30. The molecule has 1 aromatic heterocycles. The second-order valence-corrected chi connectivity index (χ2v) is 7.78. The second-order valence-electron chi connectivity index (χ2n) is 7.78. The zero-order valence-corrected chi connectivity index (χ0v) is 17.4. The topological polar surface area (TPSA) is 70.2 Å². The van der Waals surface area contributed by atoms with Gasteiger partial charge in [-0.05, 0) is 42.8 Å². The monoisotopic (exact) mass is 412 g/mol. The van der Waals surface area contributed by atoms with Crippen molar-refractivity contribution in [2.24, 2.45) is 10.7 Å². The Hall–Kier alpha value is -2.87. The molecule has 0 radical (unpaired) electrons. The second kappa shape index (κ2) is 9.30. The summed E-state index contributed by atoms with van der Waals surface area (Å²) in [4.78, 5) is 15.7. The smallest absolute Gasteiger partial charge is 0.191 e. The molecule has 0 saturated carbocycles. The van der Waals surface area contributed by atoms with Gasteiger partial charge in [0.15, 0.2) is 5.96 Å². The molecule has 2 aromatic rings. The Morgan fingerprint density at radius 3 is 2.53 bits per heavy atom. The largest absolute Gasteiger partial charge is 0.375 e. The molecule has 3 heterocycles.